The number of aliphatic hydroxyl groups is 1. The summed E-state index contributed by atoms with van der Waals surface area (Å²) in [6.45, 7) is -0.295. The lowest BCUT2D eigenvalue weighted by Gasteiger charge is -2.12. The summed E-state index contributed by atoms with van der Waals surface area (Å²) in [6.07, 6.45) is -3.03. The van der Waals surface area contributed by atoms with Crippen molar-refractivity contribution in [3.05, 3.63) is 16.7 Å². The number of hydrogen-bond donors (Lipinski definition) is 3. The molecular formula is C8H10BrF2N3O. The van der Waals surface area contributed by atoms with Crippen LogP contribution in [0.4, 0.5) is 20.3 Å². The summed E-state index contributed by atoms with van der Waals surface area (Å²) < 4.78 is 24.6. The molecule has 1 aromatic heterocycles. The molecule has 15 heavy (non-hydrogen) atoms. The van der Waals surface area contributed by atoms with E-state index in [1.165, 1.54) is 6.20 Å². The highest BCUT2D eigenvalue weighted by Crippen LogP contribution is 2.19. The number of nitrogen functional groups attached to an aromatic ring is 1. The predicted molar refractivity (Wildman–Crippen MR) is 56.8 cm³/mol. The maximum Gasteiger partial charge on any atom is 0.265 e. The minimum atomic E-state index is -2.78. The van der Waals surface area contributed by atoms with Crippen LogP contribution in [-0.4, -0.2) is 29.2 Å². The lowest BCUT2D eigenvalue weighted by atomic mass is 10.3. The Morgan fingerprint density at radius 1 is 1.60 bits per heavy atom. The summed E-state index contributed by atoms with van der Waals surface area (Å²) in [6, 6.07) is 1.59. The number of nitrogens with one attached hydrogen (secondary N) is 1. The van der Waals surface area contributed by atoms with Crippen LogP contribution >= 0.6 is 15.9 Å². The molecule has 0 radical (unpaired) electrons. The second-order valence-corrected chi connectivity index (χ2v) is 3.79. The van der Waals surface area contributed by atoms with E-state index in [1.807, 2.05) is 0 Å². The second-order valence-electron chi connectivity index (χ2n) is 2.87. The van der Waals surface area contributed by atoms with E-state index < -0.39 is 12.5 Å². The van der Waals surface area contributed by atoms with Crippen LogP contribution in [0.2, 0.25) is 0 Å². The van der Waals surface area contributed by atoms with Crippen LogP contribution in [0.5, 0.6) is 0 Å². The van der Waals surface area contributed by atoms with Gasteiger partial charge in [0.25, 0.3) is 6.43 Å². The molecule has 4 nitrogen and oxygen atoms in total. The molecule has 0 fully saturated rings. The smallest absolute Gasteiger partial charge is 0.265 e. The molecule has 4 N–H and O–H groups in total. The minimum Gasteiger partial charge on any atom is -0.396 e. The zero-order valence-electron chi connectivity index (χ0n) is 7.62. The van der Waals surface area contributed by atoms with Crippen molar-refractivity contribution in [2.45, 2.75) is 12.5 Å². The van der Waals surface area contributed by atoms with Gasteiger partial charge in [0.05, 0.1) is 5.69 Å². The van der Waals surface area contributed by atoms with Crippen molar-refractivity contribution < 1.29 is 13.9 Å². The predicted octanol–water partition coefficient (Wildman–Crippen LogP) is 1.46. The summed E-state index contributed by atoms with van der Waals surface area (Å²) in [7, 11) is 0. The van der Waals surface area contributed by atoms with E-state index in [4.69, 9.17) is 10.8 Å². The van der Waals surface area contributed by atoms with Gasteiger partial charge in [-0.25, -0.2) is 13.8 Å². The van der Waals surface area contributed by atoms with E-state index in [1.54, 1.807) is 6.07 Å². The van der Waals surface area contributed by atoms with Crippen LogP contribution in [-0.2, 0) is 0 Å². The van der Waals surface area contributed by atoms with Crippen LogP contribution in [0.15, 0.2) is 16.7 Å². The lowest BCUT2D eigenvalue weighted by molar-refractivity contribution is 0.00381. The van der Waals surface area contributed by atoms with Crippen LogP contribution in [0.25, 0.3) is 0 Å². The highest BCUT2D eigenvalue weighted by molar-refractivity contribution is 9.10. The third-order valence-corrected chi connectivity index (χ3v) is 2.09. The number of aliphatic hydroxyl groups excluding tert-OH is 1. The monoisotopic (exact) mass is 281 g/mol. The summed E-state index contributed by atoms with van der Waals surface area (Å²) >= 11 is 3.16. The molecule has 1 atom stereocenters. The Labute approximate surface area is 93.6 Å². The van der Waals surface area contributed by atoms with Gasteiger partial charge in [0.15, 0.2) is 0 Å². The molecule has 0 aliphatic rings. The molecule has 1 unspecified atom stereocenters. The van der Waals surface area contributed by atoms with E-state index in [0.717, 1.165) is 0 Å². The summed E-state index contributed by atoms with van der Waals surface area (Å²) in [5.41, 5.74) is 5.88. The Morgan fingerprint density at radius 3 is 2.80 bits per heavy atom. The zero-order valence-corrected chi connectivity index (χ0v) is 9.21. The molecule has 0 saturated heterocycles. The van der Waals surface area contributed by atoms with Gasteiger partial charge < -0.3 is 16.2 Å². The first-order valence-corrected chi connectivity index (χ1v) is 4.91. The van der Waals surface area contributed by atoms with Crippen LogP contribution in [0, 0.1) is 0 Å². The van der Waals surface area contributed by atoms with E-state index in [-0.39, 0.29) is 12.4 Å². The normalized spacial score (nSPS) is 12.9. The van der Waals surface area contributed by atoms with Gasteiger partial charge in [-0.15, -0.1) is 0 Å². The lowest BCUT2D eigenvalue weighted by Crippen LogP contribution is -2.27. The highest BCUT2D eigenvalue weighted by Gasteiger charge is 2.16. The number of rotatable bonds is 4. The molecule has 1 aromatic rings. The summed E-state index contributed by atoms with van der Waals surface area (Å²) in [5.74, 6) is 0.276. The molecule has 0 amide bonds. The number of anilines is 2. The van der Waals surface area contributed by atoms with E-state index in [2.05, 4.69) is 26.2 Å². The molecule has 0 aliphatic carbocycles. The Balaban J connectivity index is 2.58. The quantitative estimate of drug-likeness (QED) is 0.782. The van der Waals surface area contributed by atoms with Crippen LogP contribution in [0.1, 0.15) is 0 Å². The maximum atomic E-state index is 11.9. The molecule has 84 valence electrons. The molecule has 7 heteroatoms. The standard InChI is InChI=1S/C8H10BrF2N3O/c9-4-1-5(12)8(13-2-4)14-3-6(15)7(10)11/h1-2,6-7,15H,3,12H2,(H,13,14). The average molecular weight is 282 g/mol. The molecule has 1 rings (SSSR count). The fourth-order valence-corrected chi connectivity index (χ4v) is 1.24. The molecule has 1 heterocycles. The Morgan fingerprint density at radius 2 is 2.27 bits per heavy atom. The topological polar surface area (TPSA) is 71.2 Å². The molecular weight excluding hydrogens is 272 g/mol. The number of nitrogens with two attached hydrogens (primary N) is 1. The number of aromatic nitrogens is 1. The zero-order chi connectivity index (χ0) is 11.4. The van der Waals surface area contributed by atoms with Gasteiger partial charge in [0, 0.05) is 17.2 Å². The van der Waals surface area contributed by atoms with Gasteiger partial charge in [0.2, 0.25) is 0 Å². The van der Waals surface area contributed by atoms with Crippen LogP contribution < -0.4 is 11.1 Å². The maximum absolute atomic E-state index is 11.9. The molecule has 0 aliphatic heterocycles. The van der Waals surface area contributed by atoms with Gasteiger partial charge in [0.1, 0.15) is 11.9 Å². The minimum absolute atomic E-state index is 0.276. The molecule has 0 spiro atoms. The van der Waals surface area contributed by atoms with Gasteiger partial charge >= 0.3 is 0 Å². The van der Waals surface area contributed by atoms with Crippen molar-refractivity contribution in [2.75, 3.05) is 17.6 Å². The van der Waals surface area contributed by atoms with Crippen molar-refractivity contribution in [1.82, 2.24) is 4.98 Å². The van der Waals surface area contributed by atoms with Gasteiger partial charge in [-0.05, 0) is 22.0 Å². The third kappa shape index (κ3) is 3.60. The first-order chi connectivity index (χ1) is 7.00. The van der Waals surface area contributed by atoms with E-state index >= 15 is 0 Å². The van der Waals surface area contributed by atoms with Crippen molar-refractivity contribution in [3.8, 4) is 0 Å². The highest BCUT2D eigenvalue weighted by atomic mass is 79.9. The second kappa shape index (κ2) is 5.22. The van der Waals surface area contributed by atoms with Crippen molar-refractivity contribution in [3.63, 3.8) is 0 Å². The van der Waals surface area contributed by atoms with Crippen LogP contribution in [0.3, 0.4) is 0 Å². The molecule has 0 aromatic carbocycles. The Bertz CT molecular complexity index is 338. The largest absolute Gasteiger partial charge is 0.396 e. The van der Waals surface area contributed by atoms with E-state index in [9.17, 15) is 8.78 Å². The fourth-order valence-electron chi connectivity index (χ4n) is 0.893. The van der Waals surface area contributed by atoms with Crippen molar-refractivity contribution in [2.24, 2.45) is 0 Å². The fraction of sp³-hybridized carbons (Fsp3) is 0.375. The van der Waals surface area contributed by atoms with E-state index in [0.29, 0.717) is 10.2 Å². The number of hydrogen-bond acceptors (Lipinski definition) is 4. The Hall–Kier alpha value is -0.950. The first kappa shape index (κ1) is 12.1. The average Bonchev–Trinajstić information content (AvgIpc) is 2.15. The van der Waals surface area contributed by atoms with Crippen molar-refractivity contribution in [1.29, 1.82) is 0 Å². The molecule has 0 bridgehead atoms. The van der Waals surface area contributed by atoms with Gasteiger partial charge in [-0.3, -0.25) is 0 Å². The summed E-state index contributed by atoms with van der Waals surface area (Å²) in [4.78, 5) is 3.87. The van der Waals surface area contributed by atoms with Crippen molar-refractivity contribution >= 4 is 27.4 Å². The SMILES string of the molecule is Nc1cc(Br)cnc1NCC(O)C(F)F. The van der Waals surface area contributed by atoms with Gasteiger partial charge in [-0.2, -0.15) is 0 Å². The number of alkyl halides is 2. The number of nitrogens with zero attached hydrogens (tertiary/aromatic N) is 1. The first-order valence-electron chi connectivity index (χ1n) is 4.12. The Kier molecular flexibility index (Phi) is 4.22. The third-order valence-electron chi connectivity index (χ3n) is 1.65. The number of halogens is 3. The van der Waals surface area contributed by atoms with Gasteiger partial charge in [-0.1, -0.05) is 0 Å². The number of pyridine rings is 1. The summed E-state index contributed by atoms with van der Waals surface area (Å²) in [5, 5.41) is 11.4. The molecule has 0 saturated carbocycles.